The average Bonchev–Trinajstić information content (AvgIpc) is 2.16. The van der Waals surface area contributed by atoms with E-state index in [0.717, 1.165) is 0 Å². The zero-order chi connectivity index (χ0) is 6.41. The van der Waals surface area contributed by atoms with Gasteiger partial charge in [-0.3, -0.25) is 0 Å². The van der Waals surface area contributed by atoms with Crippen LogP contribution < -0.4 is 0 Å². The number of hydrogen-bond acceptors (Lipinski definition) is 0. The summed E-state index contributed by atoms with van der Waals surface area (Å²) in [5.74, 6) is 0. The first-order valence-corrected chi connectivity index (χ1v) is 3.80. The molecule has 0 aromatic heterocycles. The van der Waals surface area contributed by atoms with E-state index in [-0.39, 0.29) is 0 Å². The van der Waals surface area contributed by atoms with Crippen molar-refractivity contribution in [2.75, 3.05) is 0 Å². The predicted molar refractivity (Wildman–Crippen MR) is 34.8 cm³/mol. The van der Waals surface area contributed by atoms with Gasteiger partial charge >= 0.3 is 4.83 Å². The average molecular weight is 250 g/mol. The van der Waals surface area contributed by atoms with Gasteiger partial charge in [0, 0.05) is 0 Å². The van der Waals surface area contributed by atoms with Crippen molar-refractivity contribution in [3.05, 3.63) is 0 Å². The normalized spacial score (nSPS) is 25.5. The highest BCUT2D eigenvalue weighted by Crippen LogP contribution is 2.57. The Kier molecular flexibility index (Phi) is 1.44. The molecule has 0 radical (unpaired) electrons. The smallest absolute Gasteiger partial charge is 0.192 e. The van der Waals surface area contributed by atoms with Crippen LogP contribution in [-0.4, -0.2) is 9.16 Å². The van der Waals surface area contributed by atoms with Gasteiger partial charge in [0.05, 0.1) is 4.32 Å². The van der Waals surface area contributed by atoms with Gasteiger partial charge < -0.3 is 0 Å². The van der Waals surface area contributed by atoms with E-state index >= 15 is 0 Å². The van der Waals surface area contributed by atoms with E-state index in [1.165, 1.54) is 0 Å². The Balaban J connectivity index is 2.58. The minimum atomic E-state index is -2.72. The third-order valence-corrected chi connectivity index (χ3v) is 3.78. The molecular formula is C4H4Br2F2. The van der Waals surface area contributed by atoms with Gasteiger partial charge in [-0.15, -0.1) is 0 Å². The zero-order valence-electron chi connectivity index (χ0n) is 3.93. The Labute approximate surface area is 62.9 Å². The lowest BCUT2D eigenvalue weighted by Gasteiger charge is -2.12. The van der Waals surface area contributed by atoms with E-state index < -0.39 is 9.16 Å². The van der Waals surface area contributed by atoms with Gasteiger partial charge in [0.2, 0.25) is 0 Å². The summed E-state index contributed by atoms with van der Waals surface area (Å²) in [5, 5.41) is 0. The maximum atomic E-state index is 12.2. The fourth-order valence-corrected chi connectivity index (χ4v) is 0.988. The standard InChI is InChI=1S/C4H4Br2F2/c5-3(1-2-3)4(6,7)8/h1-2H2. The summed E-state index contributed by atoms with van der Waals surface area (Å²) in [6, 6.07) is 0. The SMILES string of the molecule is FC(F)(Br)C1(Br)CC1. The van der Waals surface area contributed by atoms with Crippen molar-refractivity contribution >= 4 is 31.9 Å². The molecule has 0 aromatic rings. The summed E-state index contributed by atoms with van der Waals surface area (Å²) in [5.41, 5.74) is 0. The van der Waals surface area contributed by atoms with Crippen LogP contribution in [0.3, 0.4) is 0 Å². The molecule has 0 bridgehead atoms. The molecule has 1 fully saturated rings. The molecule has 1 aliphatic carbocycles. The lowest BCUT2D eigenvalue weighted by Crippen LogP contribution is -2.21. The van der Waals surface area contributed by atoms with Crippen molar-refractivity contribution in [2.45, 2.75) is 22.0 Å². The van der Waals surface area contributed by atoms with Crippen LogP contribution in [0.1, 0.15) is 12.8 Å². The fraction of sp³-hybridized carbons (Fsp3) is 1.00. The predicted octanol–water partition coefficient (Wildman–Crippen LogP) is 2.90. The highest BCUT2D eigenvalue weighted by Gasteiger charge is 2.58. The second kappa shape index (κ2) is 1.66. The van der Waals surface area contributed by atoms with Gasteiger partial charge in [0.1, 0.15) is 0 Å². The van der Waals surface area contributed by atoms with E-state index in [2.05, 4.69) is 31.9 Å². The van der Waals surface area contributed by atoms with E-state index in [1.54, 1.807) is 0 Å². The Bertz CT molecular complexity index is 99.9. The third-order valence-electron chi connectivity index (χ3n) is 1.20. The zero-order valence-corrected chi connectivity index (χ0v) is 7.10. The highest BCUT2D eigenvalue weighted by atomic mass is 79.9. The third kappa shape index (κ3) is 1.05. The quantitative estimate of drug-likeness (QED) is 0.627. The number of alkyl halides is 4. The van der Waals surface area contributed by atoms with Gasteiger partial charge in [0.25, 0.3) is 0 Å². The van der Waals surface area contributed by atoms with Crippen molar-refractivity contribution in [3.63, 3.8) is 0 Å². The van der Waals surface area contributed by atoms with Crippen molar-refractivity contribution in [2.24, 2.45) is 0 Å². The van der Waals surface area contributed by atoms with E-state index in [1.807, 2.05) is 0 Å². The molecular weight excluding hydrogens is 246 g/mol. The first-order valence-electron chi connectivity index (χ1n) is 2.21. The summed E-state index contributed by atoms with van der Waals surface area (Å²) in [6.45, 7) is 0. The molecule has 0 N–H and O–H groups in total. The summed E-state index contributed by atoms with van der Waals surface area (Å²) < 4.78 is 23.4. The second-order valence-electron chi connectivity index (χ2n) is 1.96. The number of hydrogen-bond donors (Lipinski definition) is 0. The Morgan fingerprint density at radius 2 is 1.75 bits per heavy atom. The van der Waals surface area contributed by atoms with E-state index in [9.17, 15) is 8.78 Å². The molecule has 0 nitrogen and oxygen atoms in total. The minimum absolute atomic E-state index is 0.561. The number of halogens is 4. The number of rotatable bonds is 1. The largest absolute Gasteiger partial charge is 0.316 e. The topological polar surface area (TPSA) is 0 Å². The van der Waals surface area contributed by atoms with Crippen LogP contribution in [0.2, 0.25) is 0 Å². The van der Waals surface area contributed by atoms with Crippen molar-refractivity contribution in [1.29, 1.82) is 0 Å². The molecule has 0 aromatic carbocycles. The Morgan fingerprint density at radius 1 is 1.38 bits per heavy atom. The Morgan fingerprint density at radius 3 is 1.75 bits per heavy atom. The van der Waals surface area contributed by atoms with Gasteiger partial charge in [-0.2, -0.15) is 8.78 Å². The molecule has 48 valence electrons. The molecule has 4 heteroatoms. The van der Waals surface area contributed by atoms with Crippen LogP contribution in [0, 0.1) is 0 Å². The Hall–Kier alpha value is 0.820. The summed E-state index contributed by atoms with van der Waals surface area (Å²) in [4.78, 5) is -2.72. The van der Waals surface area contributed by atoms with E-state index in [0.29, 0.717) is 12.8 Å². The molecule has 0 spiro atoms. The van der Waals surface area contributed by atoms with E-state index in [4.69, 9.17) is 0 Å². The monoisotopic (exact) mass is 248 g/mol. The summed E-state index contributed by atoms with van der Waals surface area (Å²) in [6.07, 6.45) is 1.12. The molecule has 1 saturated carbocycles. The maximum absolute atomic E-state index is 12.2. The van der Waals surface area contributed by atoms with Crippen LogP contribution in [0.15, 0.2) is 0 Å². The minimum Gasteiger partial charge on any atom is -0.192 e. The van der Waals surface area contributed by atoms with Crippen molar-refractivity contribution < 1.29 is 8.78 Å². The molecule has 1 aliphatic rings. The summed E-state index contributed by atoms with van der Waals surface area (Å²) >= 11 is 5.19. The molecule has 8 heavy (non-hydrogen) atoms. The molecule has 0 heterocycles. The van der Waals surface area contributed by atoms with Gasteiger partial charge in [0.15, 0.2) is 0 Å². The first kappa shape index (κ1) is 6.93. The van der Waals surface area contributed by atoms with Crippen LogP contribution >= 0.6 is 31.9 Å². The lowest BCUT2D eigenvalue weighted by molar-refractivity contribution is 0.106. The van der Waals surface area contributed by atoms with Crippen molar-refractivity contribution in [3.8, 4) is 0 Å². The van der Waals surface area contributed by atoms with Crippen LogP contribution in [-0.2, 0) is 0 Å². The van der Waals surface area contributed by atoms with Crippen LogP contribution in [0.4, 0.5) is 8.78 Å². The van der Waals surface area contributed by atoms with Crippen LogP contribution in [0.5, 0.6) is 0 Å². The second-order valence-corrected chi connectivity index (χ2v) is 4.48. The molecule has 0 unspecified atom stereocenters. The highest BCUT2D eigenvalue weighted by molar-refractivity contribution is 9.13. The van der Waals surface area contributed by atoms with Crippen molar-refractivity contribution in [1.82, 2.24) is 0 Å². The van der Waals surface area contributed by atoms with Crippen LogP contribution in [0.25, 0.3) is 0 Å². The lowest BCUT2D eigenvalue weighted by atomic mass is 10.5. The molecule has 0 amide bonds. The molecule has 1 rings (SSSR count). The molecule has 0 atom stereocenters. The van der Waals surface area contributed by atoms with Gasteiger partial charge in [-0.1, -0.05) is 15.9 Å². The molecule has 0 saturated heterocycles. The molecule has 0 aliphatic heterocycles. The van der Waals surface area contributed by atoms with Gasteiger partial charge in [-0.05, 0) is 28.8 Å². The first-order chi connectivity index (χ1) is 3.46. The maximum Gasteiger partial charge on any atom is 0.316 e. The van der Waals surface area contributed by atoms with Gasteiger partial charge in [-0.25, -0.2) is 0 Å². The fourth-order valence-electron chi connectivity index (χ4n) is 0.393. The summed E-state index contributed by atoms with van der Waals surface area (Å²) in [7, 11) is 0.